The van der Waals surface area contributed by atoms with Crippen molar-refractivity contribution in [3.05, 3.63) is 42.2 Å². The van der Waals surface area contributed by atoms with Crippen LogP contribution in [0.25, 0.3) is 11.4 Å². The summed E-state index contributed by atoms with van der Waals surface area (Å²) in [6, 6.07) is 5.61. The molecule has 0 saturated heterocycles. The van der Waals surface area contributed by atoms with Gasteiger partial charge < -0.3 is 14.4 Å². The van der Waals surface area contributed by atoms with E-state index in [0.717, 1.165) is 31.7 Å². The zero-order chi connectivity index (χ0) is 19.2. The first-order valence-electron chi connectivity index (χ1n) is 8.21. The van der Waals surface area contributed by atoms with E-state index in [9.17, 15) is 13.2 Å². The fourth-order valence-corrected chi connectivity index (χ4v) is 3.23. The van der Waals surface area contributed by atoms with Gasteiger partial charge in [0.05, 0.1) is 11.7 Å². The molecule has 1 aromatic heterocycles. The minimum Gasteiger partial charge on any atom is -0.483 e. The van der Waals surface area contributed by atoms with Crippen LogP contribution < -0.4 is 0 Å². The minimum absolute atomic E-state index is 0.250. The normalized spacial score (nSPS) is 20.2. The zero-order valence-electron chi connectivity index (χ0n) is 14.3. The molecule has 0 unspecified atom stereocenters. The number of benzene rings is 1. The van der Waals surface area contributed by atoms with Gasteiger partial charge >= 0.3 is 6.18 Å². The second kappa shape index (κ2) is 8.84. The lowest BCUT2D eigenvalue weighted by atomic mass is 9.92. The maximum atomic E-state index is 12.9. The highest BCUT2D eigenvalue weighted by atomic mass is 19.4. The van der Waals surface area contributed by atoms with Crippen LogP contribution in [0, 0.1) is 0 Å². The fourth-order valence-electron chi connectivity index (χ4n) is 3.23. The number of carboxylic acid groups (broad SMARTS) is 1. The van der Waals surface area contributed by atoms with E-state index in [4.69, 9.17) is 14.6 Å². The van der Waals surface area contributed by atoms with Crippen molar-refractivity contribution in [3.8, 4) is 11.4 Å². The Labute approximate surface area is 149 Å². The van der Waals surface area contributed by atoms with Crippen molar-refractivity contribution < 1.29 is 27.8 Å². The lowest BCUT2D eigenvalue weighted by Gasteiger charge is -2.29. The topological polar surface area (TPSA) is 64.4 Å². The summed E-state index contributed by atoms with van der Waals surface area (Å²) in [6.45, 7) is -0.250. The lowest BCUT2D eigenvalue weighted by molar-refractivity contribution is -0.137. The van der Waals surface area contributed by atoms with Crippen LogP contribution in [0.4, 0.5) is 13.2 Å². The van der Waals surface area contributed by atoms with E-state index in [1.54, 1.807) is 19.4 Å². The average molecular weight is 370 g/mol. The average Bonchev–Trinajstić information content (AvgIpc) is 3.12. The molecule has 1 aliphatic rings. The van der Waals surface area contributed by atoms with Gasteiger partial charge in [-0.3, -0.25) is 4.79 Å². The Hall–Kier alpha value is -2.35. The Kier molecular flexibility index (Phi) is 6.79. The summed E-state index contributed by atoms with van der Waals surface area (Å²) in [5.74, 6) is 0.594. The molecule has 0 amide bonds. The van der Waals surface area contributed by atoms with Crippen molar-refractivity contribution >= 4 is 6.47 Å². The second-order valence-corrected chi connectivity index (χ2v) is 6.01. The maximum Gasteiger partial charge on any atom is 0.416 e. The highest BCUT2D eigenvalue weighted by molar-refractivity contribution is 5.57. The first-order chi connectivity index (χ1) is 12.4. The maximum absolute atomic E-state index is 12.9. The molecule has 5 nitrogen and oxygen atoms in total. The second-order valence-electron chi connectivity index (χ2n) is 6.01. The van der Waals surface area contributed by atoms with Crippen molar-refractivity contribution in [2.45, 2.75) is 44.0 Å². The number of imidazole rings is 1. The van der Waals surface area contributed by atoms with Crippen molar-refractivity contribution in [2.75, 3.05) is 7.11 Å². The van der Waals surface area contributed by atoms with Crippen LogP contribution in [0.5, 0.6) is 0 Å². The zero-order valence-corrected chi connectivity index (χ0v) is 14.3. The summed E-state index contributed by atoms with van der Waals surface area (Å²) >= 11 is 0. The quantitative estimate of drug-likeness (QED) is 0.814. The third-order valence-corrected chi connectivity index (χ3v) is 4.49. The van der Waals surface area contributed by atoms with E-state index in [1.165, 1.54) is 12.1 Å². The molecule has 2 aromatic rings. The third-order valence-electron chi connectivity index (χ3n) is 4.49. The Morgan fingerprint density at radius 2 is 1.92 bits per heavy atom. The number of nitrogens with zero attached hydrogens (tertiary/aromatic N) is 2. The Bertz CT molecular complexity index is 708. The summed E-state index contributed by atoms with van der Waals surface area (Å²) in [7, 11) is 1.72. The molecule has 0 radical (unpaired) electrons. The molecule has 1 fully saturated rings. The van der Waals surface area contributed by atoms with Crippen LogP contribution in [0.3, 0.4) is 0 Å². The van der Waals surface area contributed by atoms with E-state index in [1.807, 2.05) is 10.8 Å². The van der Waals surface area contributed by atoms with Crippen LogP contribution in [0.2, 0.25) is 0 Å². The van der Waals surface area contributed by atoms with Gasteiger partial charge in [-0.25, -0.2) is 4.98 Å². The predicted molar refractivity (Wildman–Crippen MR) is 89.7 cm³/mol. The molecule has 1 saturated carbocycles. The molecule has 1 aromatic carbocycles. The number of hydrogen-bond donors (Lipinski definition) is 1. The van der Waals surface area contributed by atoms with E-state index in [2.05, 4.69) is 4.98 Å². The number of methoxy groups -OCH3 is 1. The SMILES string of the molecule is COC1CCC(n2ccnc2-c2cccc(C(F)(F)F)c2)CC1.O=CO. The van der Waals surface area contributed by atoms with Gasteiger partial charge in [-0.05, 0) is 37.8 Å². The molecule has 0 aliphatic heterocycles. The molecular weight excluding hydrogens is 349 g/mol. The molecule has 1 heterocycles. The third kappa shape index (κ3) is 4.85. The van der Waals surface area contributed by atoms with Crippen molar-refractivity contribution in [1.29, 1.82) is 0 Å². The van der Waals surface area contributed by atoms with Crippen molar-refractivity contribution in [2.24, 2.45) is 0 Å². The molecule has 0 atom stereocenters. The first-order valence-corrected chi connectivity index (χ1v) is 8.21. The molecular formula is C18H21F3N2O3. The smallest absolute Gasteiger partial charge is 0.416 e. The summed E-state index contributed by atoms with van der Waals surface area (Å²) in [5.41, 5.74) is -0.147. The first kappa shape index (κ1) is 20.0. The van der Waals surface area contributed by atoms with Gasteiger partial charge in [-0.2, -0.15) is 13.2 Å². The summed E-state index contributed by atoms with van der Waals surface area (Å²) in [4.78, 5) is 12.6. The van der Waals surface area contributed by atoms with Crippen LogP contribution in [-0.4, -0.2) is 34.3 Å². The number of hydrogen-bond acceptors (Lipinski definition) is 3. The standard InChI is InChI=1S/C17H19F3N2O.CH2O2/c1-23-15-7-5-14(6-8-15)22-10-9-21-16(22)12-3-2-4-13(11-12)17(18,19)20;2-1-3/h2-4,9-11,14-15H,5-8H2,1H3;1H,(H,2,3). The molecule has 8 heteroatoms. The van der Waals surface area contributed by atoms with Gasteiger partial charge in [0.15, 0.2) is 0 Å². The van der Waals surface area contributed by atoms with Crippen LogP contribution >= 0.6 is 0 Å². The van der Waals surface area contributed by atoms with Crippen LogP contribution in [-0.2, 0) is 15.7 Å². The van der Waals surface area contributed by atoms with Crippen LogP contribution in [0.15, 0.2) is 36.7 Å². The molecule has 0 bridgehead atoms. The summed E-state index contributed by atoms with van der Waals surface area (Å²) < 4.78 is 46.1. The predicted octanol–water partition coefficient (Wildman–Crippen LogP) is 4.40. The number of halogens is 3. The van der Waals surface area contributed by atoms with Crippen molar-refractivity contribution in [3.63, 3.8) is 0 Å². The van der Waals surface area contributed by atoms with E-state index < -0.39 is 11.7 Å². The minimum atomic E-state index is -4.34. The van der Waals surface area contributed by atoms with E-state index in [0.29, 0.717) is 11.4 Å². The van der Waals surface area contributed by atoms with Gasteiger partial charge in [0.1, 0.15) is 5.82 Å². The molecule has 26 heavy (non-hydrogen) atoms. The van der Waals surface area contributed by atoms with Gasteiger partial charge in [0, 0.05) is 31.1 Å². The molecule has 0 spiro atoms. The molecule has 3 rings (SSSR count). The van der Waals surface area contributed by atoms with Gasteiger partial charge in [0.2, 0.25) is 0 Å². The number of rotatable bonds is 3. The highest BCUT2D eigenvalue weighted by Gasteiger charge is 2.31. The fraction of sp³-hybridized carbons (Fsp3) is 0.444. The van der Waals surface area contributed by atoms with Crippen molar-refractivity contribution in [1.82, 2.24) is 9.55 Å². The van der Waals surface area contributed by atoms with Crippen LogP contribution in [0.1, 0.15) is 37.3 Å². The van der Waals surface area contributed by atoms with E-state index in [-0.39, 0.29) is 18.6 Å². The number of aromatic nitrogens is 2. The van der Waals surface area contributed by atoms with Gasteiger partial charge in [-0.1, -0.05) is 12.1 Å². The Balaban J connectivity index is 0.000000758. The Morgan fingerprint density at radius 3 is 2.50 bits per heavy atom. The summed E-state index contributed by atoms with van der Waals surface area (Å²) in [5, 5.41) is 6.89. The molecule has 1 aliphatic carbocycles. The van der Waals surface area contributed by atoms with Gasteiger partial charge in [0.25, 0.3) is 6.47 Å². The monoisotopic (exact) mass is 370 g/mol. The van der Waals surface area contributed by atoms with Gasteiger partial charge in [-0.15, -0.1) is 0 Å². The van der Waals surface area contributed by atoms with E-state index >= 15 is 0 Å². The Morgan fingerprint density at radius 1 is 1.27 bits per heavy atom. The molecule has 142 valence electrons. The molecule has 1 N–H and O–H groups in total. The largest absolute Gasteiger partial charge is 0.483 e. The number of carbonyl (C=O) groups is 1. The number of alkyl halides is 3. The summed E-state index contributed by atoms with van der Waals surface area (Å²) in [6.07, 6.45) is 3.26. The lowest BCUT2D eigenvalue weighted by Crippen LogP contribution is -2.22. The highest BCUT2D eigenvalue weighted by Crippen LogP contribution is 2.35. The number of ether oxygens (including phenoxy) is 1.